The number of carbonyl (C=O) groups excluding carboxylic acids is 2. The first-order valence-corrected chi connectivity index (χ1v) is 10.6. The highest BCUT2D eigenvalue weighted by atomic mass is 16.6. The molecule has 6 heteroatoms. The Bertz CT molecular complexity index is 1100. The van der Waals surface area contributed by atoms with Gasteiger partial charge in [0.25, 0.3) is 11.9 Å². The second kappa shape index (κ2) is 6.17. The summed E-state index contributed by atoms with van der Waals surface area (Å²) in [6.45, 7) is 1.25. The zero-order valence-corrected chi connectivity index (χ0v) is 16.6. The minimum absolute atomic E-state index is 0.176. The fourth-order valence-electron chi connectivity index (χ4n) is 5.32. The maximum Gasteiger partial charge on any atom is 0.339 e. The highest BCUT2D eigenvalue weighted by Crippen LogP contribution is 2.45. The van der Waals surface area contributed by atoms with Crippen LogP contribution in [0.5, 0.6) is 0 Å². The van der Waals surface area contributed by atoms with E-state index in [1.54, 1.807) is 0 Å². The average molecular weight is 402 g/mol. The SMILES string of the molecule is O=C1OC2(CCN(C3=NC(=O)C4(CCc5ccccc5C4)O3)CC2)c2ccccc21. The normalized spacial score (nSPS) is 26.3. The Labute approximate surface area is 174 Å². The summed E-state index contributed by atoms with van der Waals surface area (Å²) >= 11 is 0. The van der Waals surface area contributed by atoms with Crippen LogP contribution in [0.4, 0.5) is 0 Å². The van der Waals surface area contributed by atoms with Crippen LogP contribution in [0.2, 0.25) is 0 Å². The van der Waals surface area contributed by atoms with Crippen molar-refractivity contribution in [2.75, 3.05) is 13.1 Å². The van der Waals surface area contributed by atoms with Gasteiger partial charge in [-0.1, -0.05) is 42.5 Å². The number of benzene rings is 2. The summed E-state index contributed by atoms with van der Waals surface area (Å²) in [6, 6.07) is 16.3. The first-order chi connectivity index (χ1) is 14.6. The number of aliphatic imine (C=N–C) groups is 1. The van der Waals surface area contributed by atoms with Crippen molar-refractivity contribution in [2.45, 2.75) is 43.3 Å². The molecule has 1 fully saturated rings. The van der Waals surface area contributed by atoms with Gasteiger partial charge in [-0.25, -0.2) is 4.79 Å². The van der Waals surface area contributed by atoms with Crippen LogP contribution in [-0.4, -0.2) is 41.5 Å². The van der Waals surface area contributed by atoms with Gasteiger partial charge < -0.3 is 14.4 Å². The number of amides is 1. The minimum Gasteiger partial charge on any atom is -0.450 e. The van der Waals surface area contributed by atoms with Crippen molar-refractivity contribution < 1.29 is 19.1 Å². The van der Waals surface area contributed by atoms with Gasteiger partial charge in [0, 0.05) is 44.3 Å². The molecule has 3 heterocycles. The maximum atomic E-state index is 12.9. The van der Waals surface area contributed by atoms with E-state index in [9.17, 15) is 9.59 Å². The lowest BCUT2D eigenvalue weighted by atomic mass is 9.80. The van der Waals surface area contributed by atoms with Crippen LogP contribution < -0.4 is 0 Å². The summed E-state index contributed by atoms with van der Waals surface area (Å²) < 4.78 is 12.1. The minimum atomic E-state index is -0.870. The van der Waals surface area contributed by atoms with Gasteiger partial charge in [-0.15, -0.1) is 0 Å². The van der Waals surface area contributed by atoms with Gasteiger partial charge in [-0.2, -0.15) is 4.99 Å². The van der Waals surface area contributed by atoms with E-state index in [2.05, 4.69) is 17.1 Å². The molecule has 6 nitrogen and oxygen atoms in total. The van der Waals surface area contributed by atoms with Crippen LogP contribution in [0.3, 0.4) is 0 Å². The van der Waals surface area contributed by atoms with Crippen LogP contribution >= 0.6 is 0 Å². The van der Waals surface area contributed by atoms with E-state index in [0.29, 0.717) is 50.4 Å². The second-order valence-electron chi connectivity index (χ2n) is 8.66. The number of rotatable bonds is 0. The molecule has 2 aromatic rings. The van der Waals surface area contributed by atoms with Crippen molar-refractivity contribution in [3.05, 3.63) is 70.8 Å². The Morgan fingerprint density at radius 1 is 0.833 bits per heavy atom. The fourth-order valence-corrected chi connectivity index (χ4v) is 5.32. The molecule has 0 aromatic heterocycles. The molecule has 0 radical (unpaired) electrons. The summed E-state index contributed by atoms with van der Waals surface area (Å²) in [5.74, 6) is -0.423. The highest BCUT2D eigenvalue weighted by Gasteiger charge is 2.52. The lowest BCUT2D eigenvalue weighted by Gasteiger charge is -2.39. The zero-order chi connectivity index (χ0) is 20.3. The standard InChI is InChI=1S/C24H22N2O4/c27-20-18-7-3-4-8-19(18)23(29-20)11-13-26(14-12-23)22-25-21(28)24(30-22)10-9-16-5-1-2-6-17(16)15-24/h1-8H,9-15H2. The predicted octanol–water partition coefficient (Wildman–Crippen LogP) is 2.99. The molecular formula is C24H22N2O4. The van der Waals surface area contributed by atoms with E-state index in [4.69, 9.17) is 9.47 Å². The number of likely N-dealkylation sites (tertiary alicyclic amines) is 1. The summed E-state index contributed by atoms with van der Waals surface area (Å²) in [4.78, 5) is 31.5. The zero-order valence-electron chi connectivity index (χ0n) is 16.6. The third-order valence-electron chi connectivity index (χ3n) is 7.03. The Balaban J connectivity index is 1.19. The molecule has 3 aliphatic heterocycles. The van der Waals surface area contributed by atoms with E-state index in [-0.39, 0.29) is 11.9 Å². The summed E-state index contributed by atoms with van der Waals surface area (Å²) in [5, 5.41) is 0. The Morgan fingerprint density at radius 2 is 1.57 bits per heavy atom. The molecule has 152 valence electrons. The van der Waals surface area contributed by atoms with Crippen LogP contribution in [-0.2, 0) is 32.7 Å². The summed E-state index contributed by atoms with van der Waals surface area (Å²) in [5.41, 5.74) is 2.64. The molecule has 1 atom stereocenters. The predicted molar refractivity (Wildman–Crippen MR) is 109 cm³/mol. The van der Waals surface area contributed by atoms with E-state index < -0.39 is 11.2 Å². The number of ether oxygens (including phenoxy) is 2. The van der Waals surface area contributed by atoms with Crippen LogP contribution in [0.25, 0.3) is 0 Å². The molecule has 0 N–H and O–H groups in total. The maximum absolute atomic E-state index is 12.9. The molecule has 1 amide bonds. The van der Waals surface area contributed by atoms with Crippen molar-refractivity contribution in [1.82, 2.24) is 4.90 Å². The number of fused-ring (bicyclic) bond motifs is 3. The molecule has 1 unspecified atom stereocenters. The fraction of sp³-hybridized carbons (Fsp3) is 0.375. The van der Waals surface area contributed by atoms with Gasteiger partial charge in [-0.05, 0) is 23.6 Å². The van der Waals surface area contributed by atoms with E-state index >= 15 is 0 Å². The smallest absolute Gasteiger partial charge is 0.339 e. The Morgan fingerprint density at radius 3 is 2.40 bits per heavy atom. The van der Waals surface area contributed by atoms with Crippen molar-refractivity contribution >= 4 is 17.9 Å². The summed E-state index contributed by atoms with van der Waals surface area (Å²) in [7, 11) is 0. The molecule has 1 saturated heterocycles. The van der Waals surface area contributed by atoms with Crippen molar-refractivity contribution in [3.63, 3.8) is 0 Å². The summed E-state index contributed by atoms with van der Waals surface area (Å²) in [6.07, 6.45) is 3.35. The quantitative estimate of drug-likeness (QED) is 0.634. The first-order valence-electron chi connectivity index (χ1n) is 10.6. The van der Waals surface area contributed by atoms with Gasteiger partial charge in [0.05, 0.1) is 5.56 Å². The molecule has 1 aliphatic carbocycles. The van der Waals surface area contributed by atoms with Crippen LogP contribution in [0, 0.1) is 0 Å². The molecular weight excluding hydrogens is 380 g/mol. The number of piperidine rings is 1. The lowest BCUT2D eigenvalue weighted by Crippen LogP contribution is -2.48. The molecule has 0 bridgehead atoms. The van der Waals surface area contributed by atoms with Crippen LogP contribution in [0.1, 0.15) is 46.3 Å². The number of hydrogen-bond donors (Lipinski definition) is 0. The van der Waals surface area contributed by atoms with Crippen molar-refractivity contribution in [1.29, 1.82) is 0 Å². The molecule has 0 saturated carbocycles. The molecule has 2 aromatic carbocycles. The van der Waals surface area contributed by atoms with Gasteiger partial charge in [0.1, 0.15) is 5.60 Å². The number of nitrogens with zero attached hydrogens (tertiary/aromatic N) is 2. The number of aryl methyl sites for hydroxylation is 1. The lowest BCUT2D eigenvalue weighted by molar-refractivity contribution is -0.132. The Kier molecular flexibility index (Phi) is 3.64. The van der Waals surface area contributed by atoms with Gasteiger partial charge in [0.15, 0.2) is 5.60 Å². The number of carbonyl (C=O) groups is 2. The van der Waals surface area contributed by atoms with E-state index in [1.807, 2.05) is 41.3 Å². The van der Waals surface area contributed by atoms with Crippen molar-refractivity contribution in [3.8, 4) is 0 Å². The third-order valence-corrected chi connectivity index (χ3v) is 7.03. The average Bonchev–Trinajstić information content (AvgIpc) is 3.23. The number of hydrogen-bond acceptors (Lipinski definition) is 5. The Hall–Kier alpha value is -3.15. The molecule has 30 heavy (non-hydrogen) atoms. The molecule has 2 spiro atoms. The van der Waals surface area contributed by atoms with E-state index in [0.717, 1.165) is 12.0 Å². The largest absolute Gasteiger partial charge is 0.450 e. The topological polar surface area (TPSA) is 68.2 Å². The molecule has 4 aliphatic rings. The van der Waals surface area contributed by atoms with Gasteiger partial charge in [-0.3, -0.25) is 4.79 Å². The second-order valence-corrected chi connectivity index (χ2v) is 8.66. The van der Waals surface area contributed by atoms with Gasteiger partial charge >= 0.3 is 5.97 Å². The number of esters is 1. The monoisotopic (exact) mass is 402 g/mol. The van der Waals surface area contributed by atoms with Crippen molar-refractivity contribution in [2.24, 2.45) is 4.99 Å². The third kappa shape index (κ3) is 2.46. The van der Waals surface area contributed by atoms with Gasteiger partial charge in [0.2, 0.25) is 0 Å². The highest BCUT2D eigenvalue weighted by molar-refractivity contribution is 6.02. The molecule has 6 rings (SSSR count). The number of amidine groups is 1. The van der Waals surface area contributed by atoms with E-state index in [1.165, 1.54) is 11.1 Å². The first kappa shape index (κ1) is 17.7. The van der Waals surface area contributed by atoms with Crippen LogP contribution in [0.15, 0.2) is 53.5 Å².